The number of hydrogen-bond acceptors (Lipinski definition) is 3. The molecule has 0 saturated heterocycles. The summed E-state index contributed by atoms with van der Waals surface area (Å²) in [6, 6.07) is 0. The smallest absolute Gasteiger partial charge is 0.375 e. The summed E-state index contributed by atoms with van der Waals surface area (Å²) in [5, 5.41) is 16.6. The highest BCUT2D eigenvalue weighted by molar-refractivity contribution is 5.84. The molecule has 0 aromatic carbocycles. The van der Waals surface area contributed by atoms with Crippen molar-refractivity contribution in [2.45, 2.75) is 32.6 Å². The van der Waals surface area contributed by atoms with Crippen LogP contribution in [0.4, 0.5) is 0 Å². The molecule has 0 atom stereocenters. The van der Waals surface area contributed by atoms with Crippen molar-refractivity contribution >= 4 is 5.97 Å². The SMILES string of the molecule is CCCCCC=CC=C(OO)C(=O)O. The first kappa shape index (κ1) is 12.7. The van der Waals surface area contributed by atoms with Crippen molar-refractivity contribution in [3.63, 3.8) is 0 Å². The van der Waals surface area contributed by atoms with Gasteiger partial charge in [0, 0.05) is 0 Å². The van der Waals surface area contributed by atoms with E-state index in [4.69, 9.17) is 10.4 Å². The Hall–Kier alpha value is -1.29. The third kappa shape index (κ3) is 6.25. The first-order valence-electron chi connectivity index (χ1n) is 4.64. The quantitative estimate of drug-likeness (QED) is 0.165. The molecular weight excluding hydrogens is 184 g/mol. The summed E-state index contributed by atoms with van der Waals surface area (Å²) < 4.78 is 0. The lowest BCUT2D eigenvalue weighted by Gasteiger charge is -1.93. The van der Waals surface area contributed by atoms with Gasteiger partial charge in [0.1, 0.15) is 0 Å². The first-order chi connectivity index (χ1) is 6.72. The van der Waals surface area contributed by atoms with Crippen LogP contribution in [0.3, 0.4) is 0 Å². The average molecular weight is 200 g/mol. The number of aliphatic carboxylic acids is 1. The van der Waals surface area contributed by atoms with Gasteiger partial charge in [-0.1, -0.05) is 31.9 Å². The summed E-state index contributed by atoms with van der Waals surface area (Å²) >= 11 is 0. The molecule has 14 heavy (non-hydrogen) atoms. The molecule has 0 amide bonds. The second kappa shape index (κ2) is 8.31. The lowest BCUT2D eigenvalue weighted by Crippen LogP contribution is -2.01. The predicted octanol–water partition coefficient (Wildman–Crippen LogP) is 2.58. The summed E-state index contributed by atoms with van der Waals surface area (Å²) in [4.78, 5) is 14.0. The Morgan fingerprint density at radius 3 is 2.64 bits per heavy atom. The fourth-order valence-corrected chi connectivity index (χ4v) is 0.905. The van der Waals surface area contributed by atoms with Crippen LogP contribution >= 0.6 is 0 Å². The van der Waals surface area contributed by atoms with E-state index in [1.807, 2.05) is 6.08 Å². The molecule has 0 aliphatic carbocycles. The zero-order chi connectivity index (χ0) is 10.8. The molecule has 0 bridgehead atoms. The molecule has 0 aliphatic heterocycles. The van der Waals surface area contributed by atoms with Crippen LogP contribution in [-0.2, 0) is 9.68 Å². The van der Waals surface area contributed by atoms with E-state index in [9.17, 15) is 4.79 Å². The Balaban J connectivity index is 3.81. The molecule has 0 aliphatic rings. The van der Waals surface area contributed by atoms with Gasteiger partial charge in [-0.05, 0) is 18.9 Å². The third-order valence-electron chi connectivity index (χ3n) is 1.67. The lowest BCUT2D eigenvalue weighted by molar-refractivity contribution is -0.210. The van der Waals surface area contributed by atoms with Crippen LogP contribution < -0.4 is 0 Å². The maximum absolute atomic E-state index is 10.3. The van der Waals surface area contributed by atoms with Crippen LogP contribution in [0.15, 0.2) is 24.0 Å². The van der Waals surface area contributed by atoms with Gasteiger partial charge in [0.2, 0.25) is 5.76 Å². The fourth-order valence-electron chi connectivity index (χ4n) is 0.905. The van der Waals surface area contributed by atoms with Crippen molar-refractivity contribution in [2.24, 2.45) is 0 Å². The van der Waals surface area contributed by atoms with E-state index in [1.54, 1.807) is 6.08 Å². The molecule has 0 aromatic heterocycles. The van der Waals surface area contributed by atoms with E-state index >= 15 is 0 Å². The topological polar surface area (TPSA) is 66.8 Å². The minimum absolute atomic E-state index is 0.475. The van der Waals surface area contributed by atoms with Gasteiger partial charge in [0.05, 0.1) is 0 Å². The van der Waals surface area contributed by atoms with Crippen LogP contribution in [-0.4, -0.2) is 16.3 Å². The Morgan fingerprint density at radius 1 is 1.43 bits per heavy atom. The van der Waals surface area contributed by atoms with E-state index in [0.29, 0.717) is 0 Å². The van der Waals surface area contributed by atoms with Gasteiger partial charge in [0.25, 0.3) is 0 Å². The Labute approximate surface area is 83.4 Å². The van der Waals surface area contributed by atoms with E-state index in [2.05, 4.69) is 11.8 Å². The Kier molecular flexibility index (Phi) is 7.55. The van der Waals surface area contributed by atoms with Crippen LogP contribution in [0.5, 0.6) is 0 Å². The number of unbranched alkanes of at least 4 members (excludes halogenated alkanes) is 3. The standard InChI is InChI=1S/C10H16O4/c1-2-3-4-5-6-7-8-9(14-13)10(11)12/h6-8,13H,2-5H2,1H3,(H,11,12). The Bertz CT molecular complexity index is 218. The number of carboxylic acids is 1. The highest BCUT2D eigenvalue weighted by Gasteiger charge is 2.05. The largest absolute Gasteiger partial charge is 0.475 e. The monoisotopic (exact) mass is 200 g/mol. The summed E-state index contributed by atoms with van der Waals surface area (Å²) in [6.07, 6.45) is 8.94. The fraction of sp³-hybridized carbons (Fsp3) is 0.500. The van der Waals surface area contributed by atoms with Gasteiger partial charge in [0.15, 0.2) is 0 Å². The zero-order valence-corrected chi connectivity index (χ0v) is 8.27. The first-order valence-corrected chi connectivity index (χ1v) is 4.64. The highest BCUT2D eigenvalue weighted by Crippen LogP contribution is 2.01. The molecule has 2 N–H and O–H groups in total. The summed E-state index contributed by atoms with van der Waals surface area (Å²) in [7, 11) is 0. The predicted molar refractivity (Wildman–Crippen MR) is 52.7 cm³/mol. The maximum Gasteiger partial charge on any atom is 0.375 e. The van der Waals surface area contributed by atoms with Crippen molar-refractivity contribution in [3.05, 3.63) is 24.0 Å². The van der Waals surface area contributed by atoms with Crippen molar-refractivity contribution in [3.8, 4) is 0 Å². The van der Waals surface area contributed by atoms with Crippen molar-refractivity contribution in [1.29, 1.82) is 0 Å². The lowest BCUT2D eigenvalue weighted by atomic mass is 10.2. The van der Waals surface area contributed by atoms with Crippen LogP contribution in [0.2, 0.25) is 0 Å². The van der Waals surface area contributed by atoms with Crippen LogP contribution in [0, 0.1) is 0 Å². The summed E-state index contributed by atoms with van der Waals surface area (Å²) in [5.74, 6) is -1.76. The van der Waals surface area contributed by atoms with Crippen LogP contribution in [0.1, 0.15) is 32.6 Å². The molecule has 0 spiro atoms. The number of hydrogen-bond donors (Lipinski definition) is 2. The molecule has 4 nitrogen and oxygen atoms in total. The molecule has 0 heterocycles. The van der Waals surface area contributed by atoms with Gasteiger partial charge in [-0.2, -0.15) is 0 Å². The summed E-state index contributed by atoms with van der Waals surface area (Å²) in [5.41, 5.74) is 0. The second-order valence-corrected chi connectivity index (χ2v) is 2.85. The molecule has 0 saturated carbocycles. The minimum atomic E-state index is -1.29. The molecule has 0 radical (unpaired) electrons. The number of allylic oxidation sites excluding steroid dienone is 3. The minimum Gasteiger partial charge on any atom is -0.475 e. The van der Waals surface area contributed by atoms with Gasteiger partial charge < -0.3 is 9.99 Å². The second-order valence-electron chi connectivity index (χ2n) is 2.85. The molecule has 0 aromatic rings. The van der Waals surface area contributed by atoms with E-state index in [-0.39, 0.29) is 0 Å². The number of carbonyl (C=O) groups is 1. The molecule has 0 rings (SSSR count). The summed E-state index contributed by atoms with van der Waals surface area (Å²) in [6.45, 7) is 2.12. The van der Waals surface area contributed by atoms with Gasteiger partial charge in [-0.3, -0.25) is 0 Å². The van der Waals surface area contributed by atoms with Crippen molar-refractivity contribution < 1.29 is 20.0 Å². The molecule has 4 heteroatoms. The maximum atomic E-state index is 10.3. The molecule has 0 fully saturated rings. The highest BCUT2D eigenvalue weighted by atomic mass is 17.1. The number of carboxylic acid groups (broad SMARTS) is 1. The molecular formula is C10H16O4. The zero-order valence-electron chi connectivity index (χ0n) is 8.27. The third-order valence-corrected chi connectivity index (χ3v) is 1.67. The van der Waals surface area contributed by atoms with Gasteiger partial charge in [-0.25, -0.2) is 10.1 Å². The normalized spacial score (nSPS) is 12.0. The van der Waals surface area contributed by atoms with E-state index in [0.717, 1.165) is 25.7 Å². The van der Waals surface area contributed by atoms with E-state index < -0.39 is 11.7 Å². The van der Waals surface area contributed by atoms with Crippen molar-refractivity contribution in [1.82, 2.24) is 0 Å². The van der Waals surface area contributed by atoms with Crippen molar-refractivity contribution in [2.75, 3.05) is 0 Å². The Morgan fingerprint density at radius 2 is 2.14 bits per heavy atom. The van der Waals surface area contributed by atoms with Gasteiger partial charge >= 0.3 is 5.97 Å². The number of rotatable bonds is 7. The molecule has 0 unspecified atom stereocenters. The molecule has 80 valence electrons. The van der Waals surface area contributed by atoms with E-state index in [1.165, 1.54) is 6.08 Å². The average Bonchev–Trinajstić information content (AvgIpc) is 2.16. The van der Waals surface area contributed by atoms with Crippen LogP contribution in [0.25, 0.3) is 0 Å². The van der Waals surface area contributed by atoms with Gasteiger partial charge in [-0.15, -0.1) is 0 Å².